The summed E-state index contributed by atoms with van der Waals surface area (Å²) in [6, 6.07) is 18.8. The Balaban J connectivity index is 1.75. The van der Waals surface area contributed by atoms with Gasteiger partial charge in [-0.1, -0.05) is 36.4 Å². The number of hydrogen-bond donors (Lipinski definition) is 1. The molecule has 1 N–H and O–H groups in total. The molecule has 110 valence electrons. The highest BCUT2D eigenvalue weighted by atomic mass is 15.0. The summed E-state index contributed by atoms with van der Waals surface area (Å²) < 4.78 is 0. The van der Waals surface area contributed by atoms with Crippen LogP contribution in [0.25, 0.3) is 11.1 Å². The van der Waals surface area contributed by atoms with Gasteiger partial charge in [0.05, 0.1) is 0 Å². The highest BCUT2D eigenvalue weighted by molar-refractivity contribution is 5.62. The average molecular weight is 289 g/mol. The third-order valence-corrected chi connectivity index (χ3v) is 3.66. The van der Waals surface area contributed by atoms with Crippen LogP contribution >= 0.6 is 0 Å². The van der Waals surface area contributed by atoms with Crippen molar-refractivity contribution < 1.29 is 0 Å². The van der Waals surface area contributed by atoms with Gasteiger partial charge in [0.1, 0.15) is 5.82 Å². The highest BCUT2D eigenvalue weighted by Gasteiger charge is 2.06. The molecule has 22 heavy (non-hydrogen) atoms. The van der Waals surface area contributed by atoms with E-state index in [1.807, 2.05) is 37.4 Å². The SMILES string of the molecule is Cc1cccc(NC(C)c2ccc(-c3cccnc3)cc2)n1. The second-order valence-corrected chi connectivity index (χ2v) is 5.39. The molecule has 2 heterocycles. The summed E-state index contributed by atoms with van der Waals surface area (Å²) in [5.74, 6) is 0.906. The van der Waals surface area contributed by atoms with Crippen molar-refractivity contribution in [2.75, 3.05) is 5.32 Å². The molecule has 3 heteroatoms. The lowest BCUT2D eigenvalue weighted by molar-refractivity contribution is 0.872. The van der Waals surface area contributed by atoms with Crippen LogP contribution in [-0.4, -0.2) is 9.97 Å². The fourth-order valence-electron chi connectivity index (χ4n) is 2.43. The maximum absolute atomic E-state index is 4.48. The van der Waals surface area contributed by atoms with Crippen LogP contribution in [0.15, 0.2) is 67.0 Å². The first-order valence-electron chi connectivity index (χ1n) is 7.43. The normalized spacial score (nSPS) is 11.9. The number of benzene rings is 1. The number of rotatable bonds is 4. The topological polar surface area (TPSA) is 37.8 Å². The van der Waals surface area contributed by atoms with Crippen LogP contribution in [0.4, 0.5) is 5.82 Å². The van der Waals surface area contributed by atoms with Gasteiger partial charge in [0.2, 0.25) is 0 Å². The van der Waals surface area contributed by atoms with Crippen molar-refractivity contribution in [2.24, 2.45) is 0 Å². The van der Waals surface area contributed by atoms with Crippen LogP contribution in [0.1, 0.15) is 24.2 Å². The van der Waals surface area contributed by atoms with E-state index in [0.29, 0.717) is 0 Å². The summed E-state index contributed by atoms with van der Waals surface area (Å²) in [5, 5.41) is 3.43. The average Bonchev–Trinajstić information content (AvgIpc) is 2.56. The van der Waals surface area contributed by atoms with Gasteiger partial charge in [-0.15, -0.1) is 0 Å². The van der Waals surface area contributed by atoms with Crippen LogP contribution < -0.4 is 5.32 Å². The van der Waals surface area contributed by atoms with E-state index < -0.39 is 0 Å². The van der Waals surface area contributed by atoms with E-state index in [9.17, 15) is 0 Å². The molecule has 0 saturated carbocycles. The van der Waals surface area contributed by atoms with Gasteiger partial charge in [0, 0.05) is 24.1 Å². The van der Waals surface area contributed by atoms with Gasteiger partial charge >= 0.3 is 0 Å². The molecule has 0 radical (unpaired) electrons. The first-order valence-corrected chi connectivity index (χ1v) is 7.43. The van der Waals surface area contributed by atoms with Crippen molar-refractivity contribution in [1.82, 2.24) is 9.97 Å². The Morgan fingerprint density at radius 1 is 0.909 bits per heavy atom. The number of anilines is 1. The molecule has 1 unspecified atom stereocenters. The first kappa shape index (κ1) is 14.3. The molecule has 1 atom stereocenters. The van der Waals surface area contributed by atoms with Crippen molar-refractivity contribution in [3.05, 3.63) is 78.2 Å². The van der Waals surface area contributed by atoms with Gasteiger partial charge in [-0.2, -0.15) is 0 Å². The number of aryl methyl sites for hydroxylation is 1. The molecular formula is C19H19N3. The Hall–Kier alpha value is -2.68. The van der Waals surface area contributed by atoms with E-state index in [-0.39, 0.29) is 6.04 Å². The Morgan fingerprint density at radius 2 is 1.73 bits per heavy atom. The first-order chi connectivity index (χ1) is 10.7. The molecule has 0 aliphatic heterocycles. The monoisotopic (exact) mass is 289 g/mol. The molecule has 3 nitrogen and oxygen atoms in total. The maximum atomic E-state index is 4.48. The predicted molar refractivity (Wildman–Crippen MR) is 90.7 cm³/mol. The second kappa shape index (κ2) is 6.39. The molecular weight excluding hydrogens is 270 g/mol. The van der Waals surface area contributed by atoms with Crippen LogP contribution in [0.2, 0.25) is 0 Å². The third kappa shape index (κ3) is 3.31. The summed E-state index contributed by atoms with van der Waals surface area (Å²) in [5.41, 5.74) is 4.56. The minimum atomic E-state index is 0.206. The zero-order valence-electron chi connectivity index (χ0n) is 12.8. The summed E-state index contributed by atoms with van der Waals surface area (Å²) >= 11 is 0. The smallest absolute Gasteiger partial charge is 0.126 e. The van der Waals surface area contributed by atoms with Crippen molar-refractivity contribution in [3.63, 3.8) is 0 Å². The molecule has 0 bridgehead atoms. The molecule has 2 aromatic heterocycles. The molecule has 1 aromatic carbocycles. The predicted octanol–water partition coefficient (Wildman–Crippen LogP) is 4.63. The standard InChI is InChI=1S/C19H19N3/c1-14-5-3-7-19(21-14)22-15(2)16-8-10-17(11-9-16)18-6-4-12-20-13-18/h3-13,15H,1-2H3,(H,21,22). The van der Waals surface area contributed by atoms with Gasteiger partial charge in [-0.3, -0.25) is 4.98 Å². The number of hydrogen-bond acceptors (Lipinski definition) is 3. The lowest BCUT2D eigenvalue weighted by atomic mass is 10.0. The Bertz CT molecular complexity index is 736. The van der Waals surface area contributed by atoms with Gasteiger partial charge in [0.15, 0.2) is 0 Å². The minimum Gasteiger partial charge on any atom is -0.364 e. The number of pyridine rings is 2. The van der Waals surface area contributed by atoms with Crippen molar-refractivity contribution in [3.8, 4) is 11.1 Å². The van der Waals surface area contributed by atoms with Gasteiger partial charge in [-0.05, 0) is 48.7 Å². The number of aromatic nitrogens is 2. The maximum Gasteiger partial charge on any atom is 0.126 e. The number of nitrogens with one attached hydrogen (secondary N) is 1. The van der Waals surface area contributed by atoms with Crippen LogP contribution in [0.5, 0.6) is 0 Å². The summed E-state index contributed by atoms with van der Waals surface area (Å²) in [6.07, 6.45) is 3.67. The zero-order valence-corrected chi connectivity index (χ0v) is 12.8. The molecule has 3 aromatic rings. The fourth-order valence-corrected chi connectivity index (χ4v) is 2.43. The largest absolute Gasteiger partial charge is 0.364 e. The third-order valence-electron chi connectivity index (χ3n) is 3.66. The fraction of sp³-hybridized carbons (Fsp3) is 0.158. The summed E-state index contributed by atoms with van der Waals surface area (Å²) in [7, 11) is 0. The van der Waals surface area contributed by atoms with E-state index in [4.69, 9.17) is 0 Å². The zero-order chi connectivity index (χ0) is 15.4. The van der Waals surface area contributed by atoms with Gasteiger partial charge in [-0.25, -0.2) is 4.98 Å². The minimum absolute atomic E-state index is 0.206. The molecule has 0 aliphatic rings. The highest BCUT2D eigenvalue weighted by Crippen LogP contribution is 2.23. The van der Waals surface area contributed by atoms with E-state index in [2.05, 4.69) is 52.5 Å². The van der Waals surface area contributed by atoms with Gasteiger partial charge in [0.25, 0.3) is 0 Å². The van der Waals surface area contributed by atoms with Crippen molar-refractivity contribution in [2.45, 2.75) is 19.9 Å². The molecule has 0 aliphatic carbocycles. The van der Waals surface area contributed by atoms with E-state index in [0.717, 1.165) is 17.1 Å². The Labute approximate surface area is 131 Å². The van der Waals surface area contributed by atoms with E-state index in [1.165, 1.54) is 11.1 Å². The summed E-state index contributed by atoms with van der Waals surface area (Å²) in [4.78, 5) is 8.65. The van der Waals surface area contributed by atoms with Crippen LogP contribution in [-0.2, 0) is 0 Å². The van der Waals surface area contributed by atoms with Crippen molar-refractivity contribution >= 4 is 5.82 Å². The number of nitrogens with zero attached hydrogens (tertiary/aromatic N) is 2. The Morgan fingerprint density at radius 3 is 2.41 bits per heavy atom. The molecule has 0 saturated heterocycles. The lowest BCUT2D eigenvalue weighted by Gasteiger charge is -2.15. The second-order valence-electron chi connectivity index (χ2n) is 5.39. The molecule has 0 fully saturated rings. The molecule has 0 spiro atoms. The van der Waals surface area contributed by atoms with Crippen LogP contribution in [0, 0.1) is 6.92 Å². The molecule has 3 rings (SSSR count). The molecule has 0 amide bonds. The van der Waals surface area contributed by atoms with E-state index in [1.54, 1.807) is 6.20 Å². The summed E-state index contributed by atoms with van der Waals surface area (Å²) in [6.45, 7) is 4.14. The van der Waals surface area contributed by atoms with E-state index >= 15 is 0 Å². The van der Waals surface area contributed by atoms with Crippen LogP contribution in [0.3, 0.4) is 0 Å². The quantitative estimate of drug-likeness (QED) is 0.761. The lowest BCUT2D eigenvalue weighted by Crippen LogP contribution is -2.08. The van der Waals surface area contributed by atoms with Crippen molar-refractivity contribution in [1.29, 1.82) is 0 Å². The Kier molecular flexibility index (Phi) is 4.15. The van der Waals surface area contributed by atoms with Gasteiger partial charge < -0.3 is 5.32 Å².